The molecule has 15 heteroatoms. The SMILES string of the molecule is CCCCCCCC/C=C/CCCCCC(=O)O[C@H](COC(=O)CCCCCCCCCCCC)CO[C@@H]1O[C@H](CO[C@@H]2O[C@H](CO)[C@H](O)C(O)C2O)[C@H](O)C(O)C1O. The molecule has 0 radical (unpaired) electrons. The Kier molecular flexibility index (Phi) is 29.8. The van der Waals surface area contributed by atoms with Crippen molar-refractivity contribution in [3.8, 4) is 0 Å². The highest BCUT2D eigenvalue weighted by Crippen LogP contribution is 2.26. The van der Waals surface area contributed by atoms with Gasteiger partial charge in [0.1, 0.15) is 55.4 Å². The van der Waals surface area contributed by atoms with Crippen LogP contribution in [0.3, 0.4) is 0 Å². The van der Waals surface area contributed by atoms with Crippen LogP contribution in [0.4, 0.5) is 0 Å². The predicted molar refractivity (Wildman–Crippen MR) is 220 cm³/mol. The van der Waals surface area contributed by atoms with Gasteiger partial charge in [-0.25, -0.2) is 0 Å². The van der Waals surface area contributed by atoms with E-state index in [-0.39, 0.29) is 26.1 Å². The Bertz CT molecular complexity index is 1090. The fraction of sp³-hybridized carbons (Fsp3) is 0.909. The van der Waals surface area contributed by atoms with Gasteiger partial charge in [-0.2, -0.15) is 0 Å². The van der Waals surface area contributed by atoms with Crippen LogP contribution in [0.25, 0.3) is 0 Å². The minimum atomic E-state index is -1.76. The summed E-state index contributed by atoms with van der Waals surface area (Å²) in [5.41, 5.74) is 0. The molecule has 0 spiro atoms. The van der Waals surface area contributed by atoms with Crippen molar-refractivity contribution in [2.75, 3.05) is 26.4 Å². The normalized spacial score (nSPS) is 27.9. The zero-order valence-corrected chi connectivity index (χ0v) is 36.0. The quantitative estimate of drug-likeness (QED) is 0.0266. The van der Waals surface area contributed by atoms with Crippen LogP contribution in [0, 0.1) is 0 Å². The molecule has 0 aromatic carbocycles. The Morgan fingerprint density at radius 3 is 1.51 bits per heavy atom. The van der Waals surface area contributed by atoms with E-state index in [1.54, 1.807) is 0 Å². The van der Waals surface area contributed by atoms with Gasteiger partial charge < -0.3 is 64.2 Å². The van der Waals surface area contributed by atoms with Crippen molar-refractivity contribution < 1.29 is 73.8 Å². The average Bonchev–Trinajstić information content (AvgIpc) is 3.23. The van der Waals surface area contributed by atoms with Crippen LogP contribution >= 0.6 is 0 Å². The van der Waals surface area contributed by atoms with Gasteiger partial charge in [-0.15, -0.1) is 0 Å². The van der Waals surface area contributed by atoms with Crippen LogP contribution in [0.5, 0.6) is 0 Å². The monoisotopic (exact) mass is 849 g/mol. The Labute approximate surface area is 352 Å². The fourth-order valence-corrected chi connectivity index (χ4v) is 7.15. The maximum absolute atomic E-state index is 12.9. The molecule has 15 nitrogen and oxygen atoms in total. The first-order valence-corrected chi connectivity index (χ1v) is 22.8. The number of carbonyl (C=O) groups excluding carboxylic acids is 2. The van der Waals surface area contributed by atoms with Crippen molar-refractivity contribution >= 4 is 11.9 Å². The van der Waals surface area contributed by atoms with Crippen molar-refractivity contribution in [3.05, 3.63) is 12.2 Å². The molecule has 2 aliphatic heterocycles. The van der Waals surface area contributed by atoms with Gasteiger partial charge in [0.25, 0.3) is 0 Å². The van der Waals surface area contributed by atoms with Crippen LogP contribution in [0.2, 0.25) is 0 Å². The van der Waals surface area contributed by atoms with Crippen molar-refractivity contribution in [1.29, 1.82) is 0 Å². The van der Waals surface area contributed by atoms with Crippen molar-refractivity contribution in [2.45, 2.75) is 229 Å². The number of rotatable bonds is 34. The van der Waals surface area contributed by atoms with Crippen molar-refractivity contribution in [2.24, 2.45) is 0 Å². The van der Waals surface area contributed by atoms with E-state index in [1.807, 2.05) is 0 Å². The smallest absolute Gasteiger partial charge is 0.306 e. The van der Waals surface area contributed by atoms with Gasteiger partial charge in [-0.3, -0.25) is 9.59 Å². The van der Waals surface area contributed by atoms with Crippen LogP contribution in [-0.4, -0.2) is 142 Å². The third-order valence-corrected chi connectivity index (χ3v) is 11.0. The number of aliphatic hydroxyl groups excluding tert-OH is 7. The Balaban J connectivity index is 1.87. The number of aliphatic hydroxyl groups is 7. The lowest BCUT2D eigenvalue weighted by Gasteiger charge is -2.42. The van der Waals surface area contributed by atoms with Gasteiger partial charge in [0, 0.05) is 12.8 Å². The number of unbranched alkanes of at least 4 members (excludes halogenated alkanes) is 18. The van der Waals surface area contributed by atoms with Crippen LogP contribution in [0.1, 0.15) is 162 Å². The predicted octanol–water partition coefficient (Wildman–Crippen LogP) is 4.65. The molecule has 59 heavy (non-hydrogen) atoms. The highest BCUT2D eigenvalue weighted by atomic mass is 16.7. The van der Waals surface area contributed by atoms with E-state index >= 15 is 0 Å². The number of hydrogen-bond donors (Lipinski definition) is 7. The van der Waals surface area contributed by atoms with Crippen molar-refractivity contribution in [3.63, 3.8) is 0 Å². The van der Waals surface area contributed by atoms with E-state index in [2.05, 4.69) is 26.0 Å². The average molecular weight is 849 g/mol. The highest BCUT2D eigenvalue weighted by molar-refractivity contribution is 5.70. The molecule has 2 heterocycles. The third-order valence-electron chi connectivity index (χ3n) is 11.0. The lowest BCUT2D eigenvalue weighted by atomic mass is 9.98. The second kappa shape index (κ2) is 32.9. The zero-order chi connectivity index (χ0) is 43.3. The first-order chi connectivity index (χ1) is 28.5. The molecule has 2 fully saturated rings. The van der Waals surface area contributed by atoms with Crippen LogP contribution < -0.4 is 0 Å². The summed E-state index contributed by atoms with van der Waals surface area (Å²) in [6.07, 6.45) is 11.2. The van der Waals surface area contributed by atoms with E-state index in [0.717, 1.165) is 44.9 Å². The van der Waals surface area contributed by atoms with E-state index in [1.165, 1.54) is 77.0 Å². The van der Waals surface area contributed by atoms with Gasteiger partial charge in [0.2, 0.25) is 0 Å². The first-order valence-electron chi connectivity index (χ1n) is 22.8. The molecule has 0 bridgehead atoms. The number of ether oxygens (including phenoxy) is 6. The molecule has 0 amide bonds. The summed E-state index contributed by atoms with van der Waals surface area (Å²) < 4.78 is 33.4. The molecular weight excluding hydrogens is 768 g/mol. The Morgan fingerprint density at radius 2 is 0.966 bits per heavy atom. The summed E-state index contributed by atoms with van der Waals surface area (Å²) in [5, 5.41) is 71.8. The Morgan fingerprint density at radius 1 is 0.525 bits per heavy atom. The zero-order valence-electron chi connectivity index (χ0n) is 36.0. The number of esters is 2. The van der Waals surface area contributed by atoms with Crippen LogP contribution in [0.15, 0.2) is 12.2 Å². The molecule has 2 saturated heterocycles. The molecular formula is C44H80O15. The summed E-state index contributed by atoms with van der Waals surface area (Å²) in [4.78, 5) is 25.5. The molecule has 0 aromatic rings. The number of allylic oxidation sites excluding steroid dienone is 2. The summed E-state index contributed by atoms with van der Waals surface area (Å²) in [6, 6.07) is 0. The summed E-state index contributed by atoms with van der Waals surface area (Å²) in [7, 11) is 0. The van der Waals surface area contributed by atoms with Gasteiger partial charge in [0.15, 0.2) is 18.7 Å². The van der Waals surface area contributed by atoms with E-state index in [4.69, 9.17) is 28.4 Å². The van der Waals surface area contributed by atoms with Crippen LogP contribution in [-0.2, 0) is 38.0 Å². The number of carbonyl (C=O) groups is 2. The lowest BCUT2D eigenvalue weighted by Crippen LogP contribution is -2.61. The van der Waals surface area contributed by atoms with Gasteiger partial charge in [-0.05, 0) is 38.5 Å². The molecule has 4 unspecified atom stereocenters. The number of hydrogen-bond acceptors (Lipinski definition) is 15. The molecule has 0 aromatic heterocycles. The standard InChI is InChI=1S/C44H80O15/c1-3-5-7-9-11-13-15-16-17-19-21-23-25-27-36(47)57-32(29-54-35(46)26-24-22-20-18-14-12-10-8-6-4-2)30-55-43-42(53)40(51)38(49)34(59-43)31-56-44-41(52)39(50)37(48)33(28-45)58-44/h16-17,32-34,37-45,48-53H,3-15,18-31H2,1-2H3/b17-16+/t32-,33-,34-,37+,38+,39?,40?,41?,42?,43-,44-/m1/s1. The van der Waals surface area contributed by atoms with Gasteiger partial charge >= 0.3 is 11.9 Å². The largest absolute Gasteiger partial charge is 0.462 e. The molecule has 11 atom stereocenters. The van der Waals surface area contributed by atoms with E-state index < -0.39 is 92.7 Å². The molecule has 0 saturated carbocycles. The van der Waals surface area contributed by atoms with Gasteiger partial charge in [0.05, 0.1) is 19.8 Å². The molecule has 7 N–H and O–H groups in total. The summed E-state index contributed by atoms with van der Waals surface area (Å²) >= 11 is 0. The highest BCUT2D eigenvalue weighted by Gasteiger charge is 2.47. The maximum atomic E-state index is 12.9. The minimum Gasteiger partial charge on any atom is -0.462 e. The molecule has 0 aliphatic carbocycles. The van der Waals surface area contributed by atoms with Crippen molar-refractivity contribution in [1.82, 2.24) is 0 Å². The second-order valence-electron chi connectivity index (χ2n) is 16.2. The molecule has 2 rings (SSSR count). The lowest BCUT2D eigenvalue weighted by molar-refractivity contribution is -0.332. The minimum absolute atomic E-state index is 0.148. The third kappa shape index (κ3) is 22.2. The van der Waals surface area contributed by atoms with Gasteiger partial charge in [-0.1, -0.05) is 122 Å². The molecule has 346 valence electrons. The molecule has 2 aliphatic rings. The fourth-order valence-electron chi connectivity index (χ4n) is 7.15. The summed E-state index contributed by atoms with van der Waals surface area (Å²) in [5.74, 6) is -0.942. The Hall–Kier alpha value is -1.76. The summed E-state index contributed by atoms with van der Waals surface area (Å²) in [6.45, 7) is 2.53. The maximum Gasteiger partial charge on any atom is 0.306 e. The van der Waals surface area contributed by atoms with E-state index in [0.29, 0.717) is 12.8 Å². The first kappa shape index (κ1) is 53.4. The second-order valence-corrected chi connectivity index (χ2v) is 16.2. The van der Waals surface area contributed by atoms with E-state index in [9.17, 15) is 45.3 Å². The topological polar surface area (TPSA) is 231 Å².